The molecule has 1 aromatic rings. The van der Waals surface area contributed by atoms with Crippen molar-refractivity contribution < 1.29 is 19.6 Å². The number of nitrogens with zero attached hydrogens (tertiary/aromatic N) is 1. The van der Waals surface area contributed by atoms with Crippen LogP contribution in [-0.2, 0) is 11.2 Å². The van der Waals surface area contributed by atoms with Crippen molar-refractivity contribution >= 4 is 17.6 Å². The topological polar surface area (TPSA) is 110 Å². The summed E-state index contributed by atoms with van der Waals surface area (Å²) in [6, 6.07) is 4.38. The molecule has 0 atom stereocenters. The molecule has 1 aliphatic carbocycles. The second-order valence-electron chi connectivity index (χ2n) is 5.97. The van der Waals surface area contributed by atoms with Crippen LogP contribution in [0.1, 0.15) is 54.9 Å². The van der Waals surface area contributed by atoms with E-state index in [-0.39, 0.29) is 17.7 Å². The van der Waals surface area contributed by atoms with Gasteiger partial charge in [-0.15, -0.1) is 0 Å². The van der Waals surface area contributed by atoms with Crippen LogP contribution in [0.2, 0.25) is 0 Å². The third kappa shape index (κ3) is 3.85. The monoisotopic (exact) mass is 320 g/mol. The number of aryl methyl sites for hydroxylation is 1. The van der Waals surface area contributed by atoms with Gasteiger partial charge in [0.2, 0.25) is 0 Å². The second-order valence-corrected chi connectivity index (χ2v) is 5.97. The summed E-state index contributed by atoms with van der Waals surface area (Å²) in [4.78, 5) is 34.1. The molecule has 124 valence electrons. The summed E-state index contributed by atoms with van der Waals surface area (Å²) >= 11 is 0. The molecule has 1 fully saturated rings. The number of carbonyl (C=O) groups is 2. The molecular formula is C16H20N2O5. The number of carbonyl (C=O) groups excluding carboxylic acids is 1. The number of nitro benzene ring substituents is 1. The zero-order valence-corrected chi connectivity index (χ0v) is 13.0. The number of carboxylic acid groups (broad SMARTS) is 1. The first-order valence-electron chi connectivity index (χ1n) is 7.68. The molecule has 0 bridgehead atoms. The average Bonchev–Trinajstić information content (AvgIpc) is 2.93. The van der Waals surface area contributed by atoms with Crippen LogP contribution < -0.4 is 5.32 Å². The molecule has 0 aliphatic heterocycles. The summed E-state index contributed by atoms with van der Waals surface area (Å²) in [7, 11) is 0. The van der Waals surface area contributed by atoms with Crippen LogP contribution in [0.5, 0.6) is 0 Å². The Morgan fingerprint density at radius 1 is 1.35 bits per heavy atom. The van der Waals surface area contributed by atoms with Crippen LogP contribution in [0.15, 0.2) is 18.2 Å². The molecular weight excluding hydrogens is 300 g/mol. The zero-order valence-electron chi connectivity index (χ0n) is 13.0. The van der Waals surface area contributed by atoms with Gasteiger partial charge in [-0.05, 0) is 25.3 Å². The van der Waals surface area contributed by atoms with E-state index >= 15 is 0 Å². The van der Waals surface area contributed by atoms with E-state index in [4.69, 9.17) is 5.11 Å². The fraction of sp³-hybridized carbons (Fsp3) is 0.500. The lowest BCUT2D eigenvalue weighted by Gasteiger charge is -2.28. The lowest BCUT2D eigenvalue weighted by molar-refractivity contribution is -0.385. The van der Waals surface area contributed by atoms with Crippen LogP contribution in [0, 0.1) is 10.1 Å². The van der Waals surface area contributed by atoms with Gasteiger partial charge in [-0.3, -0.25) is 19.7 Å². The molecule has 0 spiro atoms. The van der Waals surface area contributed by atoms with Gasteiger partial charge in [0.15, 0.2) is 0 Å². The lowest BCUT2D eigenvalue weighted by Crippen LogP contribution is -2.47. The highest BCUT2D eigenvalue weighted by molar-refractivity contribution is 5.95. The van der Waals surface area contributed by atoms with E-state index in [1.54, 1.807) is 12.1 Å². The number of rotatable bonds is 6. The minimum absolute atomic E-state index is 0.0844. The van der Waals surface area contributed by atoms with Crippen LogP contribution in [0.4, 0.5) is 5.69 Å². The third-order valence-corrected chi connectivity index (χ3v) is 4.35. The van der Waals surface area contributed by atoms with Gasteiger partial charge in [0, 0.05) is 17.2 Å². The van der Waals surface area contributed by atoms with E-state index in [0.29, 0.717) is 24.8 Å². The molecule has 1 amide bonds. The van der Waals surface area contributed by atoms with Crippen LogP contribution in [0.25, 0.3) is 0 Å². The summed E-state index contributed by atoms with van der Waals surface area (Å²) in [5, 5.41) is 23.0. The molecule has 2 N–H and O–H groups in total. The summed E-state index contributed by atoms with van der Waals surface area (Å²) in [5.74, 6) is -1.42. The number of amides is 1. The minimum Gasteiger partial charge on any atom is -0.481 e. The Morgan fingerprint density at radius 3 is 2.52 bits per heavy atom. The lowest BCUT2D eigenvalue weighted by atomic mass is 9.92. The van der Waals surface area contributed by atoms with Crippen molar-refractivity contribution in [3.05, 3.63) is 39.4 Å². The van der Waals surface area contributed by atoms with Gasteiger partial charge in [0.25, 0.3) is 11.6 Å². The molecule has 0 heterocycles. The molecule has 0 radical (unpaired) electrons. The average molecular weight is 320 g/mol. The Bertz CT molecular complexity index is 635. The maximum Gasteiger partial charge on any atom is 0.305 e. The number of hydrogen-bond donors (Lipinski definition) is 2. The van der Waals surface area contributed by atoms with Crippen molar-refractivity contribution in [2.24, 2.45) is 0 Å². The molecule has 2 rings (SSSR count). The van der Waals surface area contributed by atoms with Gasteiger partial charge in [-0.1, -0.05) is 25.8 Å². The van der Waals surface area contributed by atoms with E-state index < -0.39 is 22.3 Å². The number of carboxylic acids is 1. The normalized spacial score (nSPS) is 16.0. The highest BCUT2D eigenvalue weighted by Gasteiger charge is 2.37. The van der Waals surface area contributed by atoms with E-state index in [1.807, 2.05) is 6.92 Å². The predicted molar refractivity (Wildman–Crippen MR) is 83.4 cm³/mol. The Balaban J connectivity index is 2.24. The first-order chi connectivity index (χ1) is 10.9. The minimum atomic E-state index is -0.959. The molecule has 1 aliphatic rings. The quantitative estimate of drug-likeness (QED) is 0.618. The van der Waals surface area contributed by atoms with E-state index in [1.165, 1.54) is 6.07 Å². The van der Waals surface area contributed by atoms with Crippen LogP contribution >= 0.6 is 0 Å². The Morgan fingerprint density at radius 2 is 2.00 bits per heavy atom. The van der Waals surface area contributed by atoms with Gasteiger partial charge in [-0.25, -0.2) is 0 Å². The highest BCUT2D eigenvalue weighted by Crippen LogP contribution is 2.33. The molecule has 23 heavy (non-hydrogen) atoms. The maximum atomic E-state index is 12.4. The number of nitro groups is 1. The van der Waals surface area contributed by atoms with Crippen molar-refractivity contribution in [2.45, 2.75) is 51.0 Å². The summed E-state index contributed by atoms with van der Waals surface area (Å²) < 4.78 is 0. The summed E-state index contributed by atoms with van der Waals surface area (Å²) in [6.45, 7) is 1.81. The van der Waals surface area contributed by atoms with E-state index in [2.05, 4.69) is 5.32 Å². The van der Waals surface area contributed by atoms with Gasteiger partial charge in [0.05, 0.1) is 16.9 Å². The Labute approximate surface area is 133 Å². The van der Waals surface area contributed by atoms with Gasteiger partial charge in [0.1, 0.15) is 0 Å². The second kappa shape index (κ2) is 6.76. The smallest absolute Gasteiger partial charge is 0.305 e. The number of benzene rings is 1. The van der Waals surface area contributed by atoms with Gasteiger partial charge < -0.3 is 10.4 Å². The summed E-state index contributed by atoms with van der Waals surface area (Å²) in [6.07, 6.45) is 3.32. The van der Waals surface area contributed by atoms with Crippen molar-refractivity contribution in [2.75, 3.05) is 0 Å². The largest absolute Gasteiger partial charge is 0.481 e. The summed E-state index contributed by atoms with van der Waals surface area (Å²) in [5.41, 5.74) is -0.0849. The molecule has 0 unspecified atom stereocenters. The first-order valence-corrected chi connectivity index (χ1v) is 7.68. The first kappa shape index (κ1) is 16.9. The third-order valence-electron chi connectivity index (χ3n) is 4.35. The molecule has 0 saturated heterocycles. The van der Waals surface area contributed by atoms with Crippen molar-refractivity contribution in [1.29, 1.82) is 0 Å². The number of hydrogen-bond acceptors (Lipinski definition) is 4. The standard InChI is InChI=1S/C16H20N2O5/c1-2-11-5-6-12(9-13(11)18(22)23)15(21)17-16(10-14(19)20)7-3-4-8-16/h5-6,9H,2-4,7-8,10H2,1H3,(H,17,21)(H,19,20). The zero-order chi connectivity index (χ0) is 17.0. The van der Waals surface area contributed by atoms with E-state index in [0.717, 1.165) is 12.8 Å². The number of aliphatic carboxylic acids is 1. The fourth-order valence-corrected chi connectivity index (χ4v) is 3.17. The molecule has 7 nitrogen and oxygen atoms in total. The van der Waals surface area contributed by atoms with Gasteiger partial charge in [-0.2, -0.15) is 0 Å². The van der Waals surface area contributed by atoms with Crippen molar-refractivity contribution in [3.63, 3.8) is 0 Å². The van der Waals surface area contributed by atoms with Crippen LogP contribution in [-0.4, -0.2) is 27.4 Å². The predicted octanol–water partition coefficient (Wildman–Crippen LogP) is 2.67. The molecule has 7 heteroatoms. The molecule has 0 aromatic heterocycles. The van der Waals surface area contributed by atoms with Gasteiger partial charge >= 0.3 is 5.97 Å². The van der Waals surface area contributed by atoms with Crippen molar-refractivity contribution in [3.8, 4) is 0 Å². The van der Waals surface area contributed by atoms with E-state index in [9.17, 15) is 19.7 Å². The Hall–Kier alpha value is -2.44. The fourth-order valence-electron chi connectivity index (χ4n) is 3.17. The number of nitrogens with one attached hydrogen (secondary N) is 1. The van der Waals surface area contributed by atoms with Crippen molar-refractivity contribution in [1.82, 2.24) is 5.32 Å². The molecule has 1 saturated carbocycles. The van der Waals surface area contributed by atoms with Crippen LogP contribution in [0.3, 0.4) is 0 Å². The SMILES string of the molecule is CCc1ccc(C(=O)NC2(CC(=O)O)CCCC2)cc1[N+](=O)[O-]. The molecule has 1 aromatic carbocycles. The Kier molecular flexibility index (Phi) is 4.98. The highest BCUT2D eigenvalue weighted by atomic mass is 16.6. The maximum absolute atomic E-state index is 12.4.